The highest BCUT2D eigenvalue weighted by molar-refractivity contribution is 7.08. The molecule has 0 aliphatic rings. The summed E-state index contributed by atoms with van der Waals surface area (Å²) >= 11 is 1.64. The third-order valence-corrected chi connectivity index (χ3v) is 2.59. The maximum Gasteiger partial charge on any atom is 0.136 e. The Hall–Kier alpha value is -1.62. The van der Waals surface area contributed by atoms with E-state index in [0.717, 1.165) is 23.8 Å². The van der Waals surface area contributed by atoms with Gasteiger partial charge in [0.05, 0.1) is 5.69 Å². The van der Waals surface area contributed by atoms with Crippen LogP contribution in [0.2, 0.25) is 0 Å². The normalized spacial score (nSPS) is 10.2. The highest BCUT2D eigenvalue weighted by atomic mass is 32.1. The van der Waals surface area contributed by atoms with E-state index in [4.69, 9.17) is 5.73 Å². The molecule has 4 nitrogen and oxygen atoms in total. The van der Waals surface area contributed by atoms with Crippen LogP contribution in [0.4, 0.5) is 17.3 Å². The van der Waals surface area contributed by atoms with Gasteiger partial charge in [-0.25, -0.2) is 9.97 Å². The van der Waals surface area contributed by atoms with Gasteiger partial charge in [0.1, 0.15) is 17.5 Å². The molecule has 2 rings (SSSR count). The van der Waals surface area contributed by atoms with Gasteiger partial charge in [0.15, 0.2) is 0 Å². The predicted octanol–water partition coefficient (Wildman–Crippen LogP) is 2.43. The number of aryl methyl sites for hydroxylation is 1. The van der Waals surface area contributed by atoms with Crippen molar-refractivity contribution >= 4 is 28.7 Å². The van der Waals surface area contributed by atoms with E-state index in [-0.39, 0.29) is 0 Å². The molecule has 0 atom stereocenters. The lowest BCUT2D eigenvalue weighted by atomic mass is 10.4. The molecule has 0 spiro atoms. The monoisotopic (exact) mass is 220 g/mol. The number of rotatable bonds is 3. The number of nitrogen functional groups attached to an aromatic ring is 1. The van der Waals surface area contributed by atoms with E-state index in [0.29, 0.717) is 5.82 Å². The van der Waals surface area contributed by atoms with Crippen LogP contribution in [0, 0.1) is 0 Å². The number of anilines is 3. The van der Waals surface area contributed by atoms with Crippen LogP contribution in [0.1, 0.15) is 12.7 Å². The van der Waals surface area contributed by atoms with Crippen molar-refractivity contribution in [1.29, 1.82) is 0 Å². The number of aromatic nitrogens is 2. The Morgan fingerprint density at radius 1 is 1.47 bits per heavy atom. The van der Waals surface area contributed by atoms with E-state index in [2.05, 4.69) is 15.3 Å². The molecule has 0 aliphatic heterocycles. The highest BCUT2D eigenvalue weighted by Crippen LogP contribution is 2.18. The molecule has 0 bridgehead atoms. The first-order valence-electron chi connectivity index (χ1n) is 4.70. The van der Waals surface area contributed by atoms with E-state index in [1.807, 2.05) is 23.8 Å². The minimum absolute atomic E-state index is 0.500. The zero-order valence-electron chi connectivity index (χ0n) is 8.40. The molecule has 0 fully saturated rings. The summed E-state index contributed by atoms with van der Waals surface area (Å²) in [6.45, 7) is 2.00. The van der Waals surface area contributed by atoms with Crippen molar-refractivity contribution in [1.82, 2.24) is 9.97 Å². The molecule has 0 saturated carbocycles. The van der Waals surface area contributed by atoms with Crippen LogP contribution >= 0.6 is 11.3 Å². The van der Waals surface area contributed by atoms with Crippen LogP contribution in [0.5, 0.6) is 0 Å². The van der Waals surface area contributed by atoms with Crippen LogP contribution in [0.25, 0.3) is 0 Å². The fourth-order valence-electron chi connectivity index (χ4n) is 1.22. The van der Waals surface area contributed by atoms with Crippen LogP contribution < -0.4 is 11.1 Å². The number of hydrogen-bond donors (Lipinski definition) is 2. The van der Waals surface area contributed by atoms with E-state index >= 15 is 0 Å². The average molecular weight is 220 g/mol. The van der Waals surface area contributed by atoms with Crippen molar-refractivity contribution in [2.75, 3.05) is 11.1 Å². The maximum absolute atomic E-state index is 5.68. The third kappa shape index (κ3) is 2.44. The average Bonchev–Trinajstić information content (AvgIpc) is 2.69. The van der Waals surface area contributed by atoms with Crippen molar-refractivity contribution in [2.45, 2.75) is 13.3 Å². The molecule has 0 radical (unpaired) electrons. The van der Waals surface area contributed by atoms with Crippen LogP contribution in [0.15, 0.2) is 22.9 Å². The van der Waals surface area contributed by atoms with E-state index in [9.17, 15) is 0 Å². The third-order valence-electron chi connectivity index (χ3n) is 1.90. The summed E-state index contributed by atoms with van der Waals surface area (Å²) < 4.78 is 0. The Labute approximate surface area is 92.2 Å². The summed E-state index contributed by atoms with van der Waals surface area (Å²) in [7, 11) is 0. The largest absolute Gasteiger partial charge is 0.384 e. The lowest BCUT2D eigenvalue weighted by molar-refractivity contribution is 0.948. The van der Waals surface area contributed by atoms with Crippen molar-refractivity contribution in [3.63, 3.8) is 0 Å². The molecule has 2 heterocycles. The molecule has 2 aromatic heterocycles. The summed E-state index contributed by atoms with van der Waals surface area (Å²) in [5, 5.41) is 7.20. The van der Waals surface area contributed by atoms with Gasteiger partial charge >= 0.3 is 0 Å². The zero-order valence-corrected chi connectivity index (χ0v) is 9.21. The van der Waals surface area contributed by atoms with Gasteiger partial charge in [-0.15, -0.1) is 0 Å². The van der Waals surface area contributed by atoms with Crippen molar-refractivity contribution in [2.24, 2.45) is 0 Å². The maximum atomic E-state index is 5.68. The molecule has 15 heavy (non-hydrogen) atoms. The van der Waals surface area contributed by atoms with E-state index < -0.39 is 0 Å². The summed E-state index contributed by atoms with van der Waals surface area (Å²) in [5.41, 5.74) is 6.70. The second-order valence-corrected chi connectivity index (χ2v) is 3.86. The smallest absolute Gasteiger partial charge is 0.136 e. The molecular weight excluding hydrogens is 208 g/mol. The Bertz CT molecular complexity index is 439. The number of hydrogen-bond acceptors (Lipinski definition) is 5. The number of thiophene rings is 1. The SMILES string of the molecule is CCc1nc(N)cc(Nc2ccsc2)n1. The molecule has 5 heteroatoms. The lowest BCUT2D eigenvalue weighted by Crippen LogP contribution is -2.02. The Kier molecular flexibility index (Phi) is 2.82. The van der Waals surface area contributed by atoms with Gasteiger partial charge in [-0.2, -0.15) is 11.3 Å². The molecule has 2 aromatic rings. The standard InChI is InChI=1S/C10H12N4S/c1-2-9-13-8(11)5-10(14-9)12-7-3-4-15-6-7/h3-6H,2H2,1H3,(H3,11,12,13,14). The molecule has 0 saturated heterocycles. The highest BCUT2D eigenvalue weighted by Gasteiger charge is 2.01. The first-order valence-corrected chi connectivity index (χ1v) is 5.65. The quantitative estimate of drug-likeness (QED) is 0.833. The second kappa shape index (κ2) is 4.27. The fraction of sp³-hybridized carbons (Fsp3) is 0.200. The molecule has 78 valence electrons. The second-order valence-electron chi connectivity index (χ2n) is 3.08. The fourth-order valence-corrected chi connectivity index (χ4v) is 1.81. The lowest BCUT2D eigenvalue weighted by Gasteiger charge is -2.05. The van der Waals surface area contributed by atoms with Crippen molar-refractivity contribution < 1.29 is 0 Å². The van der Waals surface area contributed by atoms with Gasteiger partial charge in [-0.05, 0) is 11.4 Å². The Morgan fingerprint density at radius 2 is 2.33 bits per heavy atom. The van der Waals surface area contributed by atoms with E-state index in [1.165, 1.54) is 0 Å². The number of nitrogens with zero attached hydrogens (tertiary/aromatic N) is 2. The van der Waals surface area contributed by atoms with Gasteiger partial charge < -0.3 is 11.1 Å². The molecule has 3 N–H and O–H groups in total. The van der Waals surface area contributed by atoms with Crippen LogP contribution in [-0.2, 0) is 6.42 Å². The molecule has 0 amide bonds. The number of nitrogens with one attached hydrogen (secondary N) is 1. The summed E-state index contributed by atoms with van der Waals surface area (Å²) in [6, 6.07) is 3.73. The Morgan fingerprint density at radius 3 is 3.00 bits per heavy atom. The first kappa shape index (κ1) is 9.92. The summed E-state index contributed by atoms with van der Waals surface area (Å²) in [5.74, 6) is 2.00. The zero-order chi connectivity index (χ0) is 10.7. The molecular formula is C10H12N4S. The van der Waals surface area contributed by atoms with Crippen LogP contribution in [-0.4, -0.2) is 9.97 Å². The minimum Gasteiger partial charge on any atom is -0.384 e. The molecule has 0 aliphatic carbocycles. The topological polar surface area (TPSA) is 63.8 Å². The summed E-state index contributed by atoms with van der Waals surface area (Å²) in [4.78, 5) is 8.44. The van der Waals surface area contributed by atoms with Crippen LogP contribution in [0.3, 0.4) is 0 Å². The van der Waals surface area contributed by atoms with Crippen molar-refractivity contribution in [3.8, 4) is 0 Å². The number of nitrogens with two attached hydrogens (primary N) is 1. The minimum atomic E-state index is 0.500. The summed E-state index contributed by atoms with van der Waals surface area (Å²) in [6.07, 6.45) is 0.781. The predicted molar refractivity (Wildman–Crippen MR) is 63.4 cm³/mol. The van der Waals surface area contributed by atoms with Crippen molar-refractivity contribution in [3.05, 3.63) is 28.7 Å². The van der Waals surface area contributed by atoms with Gasteiger partial charge in [-0.3, -0.25) is 0 Å². The van der Waals surface area contributed by atoms with Gasteiger partial charge in [0.2, 0.25) is 0 Å². The molecule has 0 aromatic carbocycles. The molecule has 0 unspecified atom stereocenters. The van der Waals surface area contributed by atoms with Gasteiger partial charge in [-0.1, -0.05) is 6.92 Å². The first-order chi connectivity index (χ1) is 7.28. The van der Waals surface area contributed by atoms with E-state index in [1.54, 1.807) is 17.4 Å². The van der Waals surface area contributed by atoms with Gasteiger partial charge in [0.25, 0.3) is 0 Å². The van der Waals surface area contributed by atoms with Gasteiger partial charge in [0, 0.05) is 17.9 Å². The Balaban J connectivity index is 2.24.